The maximum atomic E-state index is 15.3. The van der Waals surface area contributed by atoms with Crippen LogP contribution in [0.5, 0.6) is 0 Å². The first kappa shape index (κ1) is 27.0. The number of carbonyl (C=O) groups excluding carboxylic acids is 1. The molecule has 3 aromatic rings. The SMILES string of the molecule is CCCS(=O)(=O)CCCN(c1cc(F)c(F)c(C(=O)c2ccc3ncc(Cl)nc3c2)c1F)S(=O)O. The maximum absolute atomic E-state index is 15.3. The first-order valence-corrected chi connectivity index (χ1v) is 13.4. The number of aromatic nitrogens is 2. The summed E-state index contributed by atoms with van der Waals surface area (Å²) >= 11 is 2.85. The van der Waals surface area contributed by atoms with Gasteiger partial charge in [-0.1, -0.05) is 18.5 Å². The summed E-state index contributed by atoms with van der Waals surface area (Å²) in [6.45, 7) is 1.18. The van der Waals surface area contributed by atoms with Crippen molar-refractivity contribution in [2.45, 2.75) is 19.8 Å². The number of hydrogen-bond acceptors (Lipinski definition) is 6. The van der Waals surface area contributed by atoms with Crippen molar-refractivity contribution in [1.82, 2.24) is 9.97 Å². The molecular formula is C21H19ClF3N3O5S2. The number of halogens is 4. The van der Waals surface area contributed by atoms with Crippen molar-refractivity contribution in [2.75, 3.05) is 22.4 Å². The molecule has 0 saturated carbocycles. The minimum atomic E-state index is -3.45. The van der Waals surface area contributed by atoms with Crippen LogP contribution in [-0.4, -0.2) is 51.0 Å². The summed E-state index contributed by atoms with van der Waals surface area (Å²) < 4.78 is 90.0. The lowest BCUT2D eigenvalue weighted by Gasteiger charge is -2.22. The zero-order valence-corrected chi connectivity index (χ0v) is 20.6. The highest BCUT2D eigenvalue weighted by Gasteiger charge is 2.29. The molecule has 2 aromatic carbocycles. The Morgan fingerprint density at radius 3 is 2.51 bits per heavy atom. The minimum absolute atomic E-state index is 0.00881. The molecule has 0 amide bonds. The molecule has 0 bridgehead atoms. The van der Waals surface area contributed by atoms with Crippen LogP contribution >= 0.6 is 11.6 Å². The fourth-order valence-corrected chi connectivity index (χ4v) is 5.49. The molecule has 0 fully saturated rings. The van der Waals surface area contributed by atoms with Gasteiger partial charge in [-0.25, -0.2) is 30.8 Å². The highest BCUT2D eigenvalue weighted by molar-refractivity contribution is 7.91. The topological polar surface area (TPSA) is 118 Å². The number of ketones is 1. The van der Waals surface area contributed by atoms with E-state index in [1.807, 2.05) is 0 Å². The number of benzene rings is 2. The van der Waals surface area contributed by atoms with Crippen molar-refractivity contribution in [2.24, 2.45) is 0 Å². The number of rotatable bonds is 10. The van der Waals surface area contributed by atoms with Gasteiger partial charge in [0, 0.05) is 23.9 Å². The van der Waals surface area contributed by atoms with Crippen LogP contribution in [0.1, 0.15) is 35.7 Å². The lowest BCUT2D eigenvalue weighted by Crippen LogP contribution is -2.30. The Balaban J connectivity index is 2.01. The molecule has 1 heterocycles. The van der Waals surface area contributed by atoms with E-state index in [4.69, 9.17) is 11.6 Å². The molecule has 0 saturated heterocycles. The van der Waals surface area contributed by atoms with Crippen LogP contribution in [0.15, 0.2) is 30.5 Å². The first-order chi connectivity index (χ1) is 16.4. The van der Waals surface area contributed by atoms with E-state index in [9.17, 15) is 30.8 Å². The third-order valence-electron chi connectivity index (χ3n) is 4.93. The van der Waals surface area contributed by atoms with Gasteiger partial charge in [-0.15, -0.1) is 0 Å². The van der Waals surface area contributed by atoms with E-state index in [0.717, 1.165) is 0 Å². The van der Waals surface area contributed by atoms with Crippen molar-refractivity contribution in [1.29, 1.82) is 0 Å². The molecule has 3 rings (SSSR count). The highest BCUT2D eigenvalue weighted by Crippen LogP contribution is 2.30. The van der Waals surface area contributed by atoms with Crippen LogP contribution in [-0.2, 0) is 21.1 Å². The third-order valence-corrected chi connectivity index (χ3v) is 7.81. The fourth-order valence-electron chi connectivity index (χ4n) is 3.37. The lowest BCUT2D eigenvalue weighted by molar-refractivity contribution is 0.103. The monoisotopic (exact) mass is 549 g/mol. The van der Waals surface area contributed by atoms with Crippen LogP contribution in [0.2, 0.25) is 5.15 Å². The van der Waals surface area contributed by atoms with Gasteiger partial charge >= 0.3 is 0 Å². The van der Waals surface area contributed by atoms with Crippen molar-refractivity contribution >= 4 is 55.2 Å². The van der Waals surface area contributed by atoms with Crippen molar-refractivity contribution in [3.63, 3.8) is 0 Å². The molecule has 0 aliphatic heterocycles. The molecule has 1 aromatic heterocycles. The molecule has 14 heteroatoms. The molecule has 188 valence electrons. The summed E-state index contributed by atoms with van der Waals surface area (Å²) in [6, 6.07) is 4.06. The zero-order valence-electron chi connectivity index (χ0n) is 18.2. The van der Waals surface area contributed by atoms with Crippen LogP contribution < -0.4 is 4.31 Å². The molecule has 1 unspecified atom stereocenters. The van der Waals surface area contributed by atoms with Crippen LogP contribution in [0.25, 0.3) is 11.0 Å². The largest absolute Gasteiger partial charge is 0.289 e. The molecule has 0 spiro atoms. The molecule has 1 atom stereocenters. The summed E-state index contributed by atoms with van der Waals surface area (Å²) in [7, 11) is -3.45. The van der Waals surface area contributed by atoms with Crippen LogP contribution in [0.3, 0.4) is 0 Å². The lowest BCUT2D eigenvalue weighted by atomic mass is 10.0. The van der Waals surface area contributed by atoms with Gasteiger partial charge in [-0.3, -0.25) is 18.6 Å². The number of anilines is 1. The predicted octanol–water partition coefficient (Wildman–Crippen LogP) is 4.09. The van der Waals surface area contributed by atoms with E-state index in [1.165, 1.54) is 24.4 Å². The minimum Gasteiger partial charge on any atom is -0.289 e. The van der Waals surface area contributed by atoms with Gasteiger partial charge in [0.25, 0.3) is 11.3 Å². The summed E-state index contributed by atoms with van der Waals surface area (Å²) in [6.07, 6.45) is 1.44. The number of nitrogens with zero attached hydrogens (tertiary/aromatic N) is 3. The number of carbonyl (C=O) groups is 1. The summed E-state index contributed by atoms with van der Waals surface area (Å²) in [4.78, 5) is 20.9. The molecule has 8 nitrogen and oxygen atoms in total. The van der Waals surface area contributed by atoms with Crippen molar-refractivity contribution in [3.8, 4) is 0 Å². The maximum Gasteiger partial charge on any atom is 0.261 e. The smallest absolute Gasteiger partial charge is 0.261 e. The fraction of sp³-hybridized carbons (Fsp3) is 0.286. The Morgan fingerprint density at radius 2 is 1.86 bits per heavy atom. The molecular weight excluding hydrogens is 531 g/mol. The van der Waals surface area contributed by atoms with E-state index >= 15 is 4.39 Å². The van der Waals surface area contributed by atoms with Gasteiger partial charge in [0.1, 0.15) is 15.0 Å². The highest BCUT2D eigenvalue weighted by atomic mass is 35.5. The van der Waals surface area contributed by atoms with E-state index in [2.05, 4.69) is 9.97 Å². The molecule has 1 N–H and O–H groups in total. The van der Waals surface area contributed by atoms with Crippen LogP contribution in [0.4, 0.5) is 18.9 Å². The van der Waals surface area contributed by atoms with E-state index in [1.54, 1.807) is 6.92 Å². The Bertz CT molecular complexity index is 1420. The number of fused-ring (bicyclic) bond motifs is 1. The van der Waals surface area contributed by atoms with Gasteiger partial charge in [0.2, 0.25) is 0 Å². The van der Waals surface area contributed by atoms with Gasteiger partial charge in [0.15, 0.2) is 23.2 Å². The summed E-state index contributed by atoms with van der Waals surface area (Å²) in [5.74, 6) is -6.73. The quantitative estimate of drug-likeness (QED) is 0.230. The average molecular weight is 550 g/mol. The molecule has 0 radical (unpaired) electrons. The molecule has 0 aliphatic rings. The Hall–Kier alpha value is -2.61. The Labute approximate surface area is 206 Å². The van der Waals surface area contributed by atoms with E-state index in [0.29, 0.717) is 22.3 Å². The number of sulfone groups is 1. The standard InChI is InChI=1S/C21H19ClF3N3O5S2/c1-2-7-35(32,33)8-3-6-28(34(30)31)16-10-13(23)19(24)18(20(16)25)21(29)12-4-5-14-15(9-12)27-17(22)11-26-14/h4-5,9-11H,2-3,6-8H2,1H3,(H,30,31). The normalized spacial score (nSPS) is 12.6. The van der Waals surface area contributed by atoms with E-state index < -0.39 is 62.1 Å². The molecule has 0 aliphatic carbocycles. The van der Waals surface area contributed by atoms with E-state index in [-0.39, 0.29) is 34.2 Å². The summed E-state index contributed by atoms with van der Waals surface area (Å²) in [5.41, 5.74) is -1.93. The van der Waals surface area contributed by atoms with Gasteiger partial charge < -0.3 is 0 Å². The zero-order chi connectivity index (χ0) is 25.9. The Morgan fingerprint density at radius 1 is 1.14 bits per heavy atom. The van der Waals surface area contributed by atoms with Crippen LogP contribution in [0, 0.1) is 17.5 Å². The van der Waals surface area contributed by atoms with Crippen molar-refractivity contribution in [3.05, 3.63) is 64.2 Å². The second-order valence-electron chi connectivity index (χ2n) is 7.44. The van der Waals surface area contributed by atoms with Crippen molar-refractivity contribution < 1.29 is 35.1 Å². The van der Waals surface area contributed by atoms with Gasteiger partial charge in [0.05, 0.1) is 34.2 Å². The second-order valence-corrected chi connectivity index (χ2v) is 11.0. The summed E-state index contributed by atoms with van der Waals surface area (Å²) in [5, 5.41) is 0.00881. The first-order valence-electron chi connectivity index (χ1n) is 10.2. The Kier molecular flexibility index (Phi) is 8.46. The second kappa shape index (κ2) is 11.0. The van der Waals surface area contributed by atoms with Gasteiger partial charge in [-0.05, 0) is 31.0 Å². The third kappa shape index (κ3) is 6.15. The predicted molar refractivity (Wildman–Crippen MR) is 126 cm³/mol. The number of hydrogen-bond donors (Lipinski definition) is 1. The molecule has 35 heavy (non-hydrogen) atoms. The van der Waals surface area contributed by atoms with Gasteiger partial charge in [-0.2, -0.15) is 0 Å². The average Bonchev–Trinajstić information content (AvgIpc) is 2.78.